The third-order valence-electron chi connectivity index (χ3n) is 2.60. The molecule has 0 fully saturated rings. The van der Waals surface area contributed by atoms with Gasteiger partial charge in [-0.3, -0.25) is 0 Å². The standard InChI is InChI=1S/C12H20S4Si2/c1-17(2,3)9-7-13-11(15-9)12-14-8-10(16-12)18(4,5)6/h7-8H,1-6H3/b12-11+. The zero-order valence-corrected chi connectivity index (χ0v) is 17.1. The molecule has 0 aliphatic carbocycles. The summed E-state index contributed by atoms with van der Waals surface area (Å²) in [6.45, 7) is 14.6. The molecule has 0 spiro atoms. The quantitative estimate of drug-likeness (QED) is 0.521. The maximum absolute atomic E-state index is 2.43. The topological polar surface area (TPSA) is 0 Å². The fraction of sp³-hybridized carbons (Fsp3) is 0.500. The predicted octanol–water partition coefficient (Wildman–Crippen LogP) is 6.51. The molecular formula is C12H20S4Si2. The van der Waals surface area contributed by atoms with Gasteiger partial charge in [0, 0.05) is 0 Å². The van der Waals surface area contributed by atoms with Crippen molar-refractivity contribution in [1.29, 1.82) is 0 Å². The van der Waals surface area contributed by atoms with Crippen molar-refractivity contribution in [2.45, 2.75) is 39.3 Å². The SMILES string of the molecule is C[Si](C)(C)C1=CS/C(=C2/SC=C([Si](C)(C)C)S2)S1. The second-order valence-electron chi connectivity index (χ2n) is 6.48. The average molecular weight is 349 g/mol. The van der Waals surface area contributed by atoms with Gasteiger partial charge in [-0.25, -0.2) is 0 Å². The monoisotopic (exact) mass is 348 g/mol. The van der Waals surface area contributed by atoms with Crippen LogP contribution in [0.2, 0.25) is 39.3 Å². The summed E-state index contributed by atoms with van der Waals surface area (Å²) in [5.74, 6) is 0. The lowest BCUT2D eigenvalue weighted by atomic mass is 11.2. The van der Waals surface area contributed by atoms with Crippen LogP contribution < -0.4 is 0 Å². The second kappa shape index (κ2) is 5.44. The zero-order chi connectivity index (χ0) is 13.6. The number of rotatable bonds is 2. The van der Waals surface area contributed by atoms with E-state index in [0.29, 0.717) is 0 Å². The Morgan fingerprint density at radius 2 is 1.00 bits per heavy atom. The van der Waals surface area contributed by atoms with E-state index in [-0.39, 0.29) is 0 Å². The Balaban J connectivity index is 2.07. The van der Waals surface area contributed by atoms with Crippen LogP contribution in [0.3, 0.4) is 0 Å². The Morgan fingerprint density at radius 1 is 0.667 bits per heavy atom. The summed E-state index contributed by atoms with van der Waals surface area (Å²) in [6.07, 6.45) is 0. The van der Waals surface area contributed by atoms with Crippen molar-refractivity contribution in [3.63, 3.8) is 0 Å². The van der Waals surface area contributed by atoms with Crippen molar-refractivity contribution in [2.24, 2.45) is 0 Å². The molecular weight excluding hydrogens is 329 g/mol. The molecule has 0 amide bonds. The van der Waals surface area contributed by atoms with Crippen LogP contribution in [-0.4, -0.2) is 16.1 Å². The summed E-state index contributed by atoms with van der Waals surface area (Å²) in [5, 5.41) is 4.79. The number of thioether (sulfide) groups is 4. The first kappa shape index (κ1) is 15.4. The van der Waals surface area contributed by atoms with E-state index in [1.807, 2.05) is 47.0 Å². The molecule has 6 heteroatoms. The van der Waals surface area contributed by atoms with E-state index in [2.05, 4.69) is 50.1 Å². The van der Waals surface area contributed by atoms with E-state index < -0.39 is 16.1 Å². The van der Waals surface area contributed by atoms with Crippen molar-refractivity contribution in [1.82, 2.24) is 0 Å². The molecule has 2 aliphatic heterocycles. The lowest BCUT2D eigenvalue weighted by Gasteiger charge is -2.17. The van der Waals surface area contributed by atoms with Crippen molar-refractivity contribution < 1.29 is 0 Å². The lowest BCUT2D eigenvalue weighted by molar-refractivity contribution is 1.76. The highest BCUT2D eigenvalue weighted by atomic mass is 32.2. The smallest absolute Gasteiger partial charge is 0.0869 e. The Labute approximate surface area is 130 Å². The van der Waals surface area contributed by atoms with Gasteiger partial charge in [0.15, 0.2) is 0 Å². The Morgan fingerprint density at radius 3 is 1.22 bits per heavy atom. The van der Waals surface area contributed by atoms with Crippen LogP contribution in [0, 0.1) is 0 Å². The molecule has 0 aromatic carbocycles. The summed E-state index contributed by atoms with van der Waals surface area (Å²) in [6, 6.07) is 0. The van der Waals surface area contributed by atoms with E-state index in [4.69, 9.17) is 0 Å². The van der Waals surface area contributed by atoms with E-state index >= 15 is 0 Å². The maximum atomic E-state index is 2.43. The molecule has 0 aromatic heterocycles. The first-order chi connectivity index (χ1) is 8.18. The summed E-state index contributed by atoms with van der Waals surface area (Å²) >= 11 is 7.95. The highest BCUT2D eigenvalue weighted by Gasteiger charge is 2.31. The minimum atomic E-state index is -1.13. The van der Waals surface area contributed by atoms with Gasteiger partial charge in [0.1, 0.15) is 0 Å². The molecule has 0 bridgehead atoms. The van der Waals surface area contributed by atoms with E-state index in [1.54, 1.807) is 9.06 Å². The summed E-state index contributed by atoms with van der Waals surface area (Å²) < 4.78 is 6.31. The minimum absolute atomic E-state index is 1.13. The maximum Gasteiger partial charge on any atom is 0.0869 e. The van der Waals surface area contributed by atoms with Gasteiger partial charge in [-0.1, -0.05) is 86.3 Å². The van der Waals surface area contributed by atoms with Crippen LogP contribution in [0.15, 0.2) is 28.3 Å². The molecule has 0 aromatic rings. The molecule has 2 aliphatic rings. The third kappa shape index (κ3) is 3.58. The van der Waals surface area contributed by atoms with Crippen LogP contribution in [0.25, 0.3) is 0 Å². The molecule has 2 rings (SSSR count). The van der Waals surface area contributed by atoms with Gasteiger partial charge in [-0.2, -0.15) is 0 Å². The molecule has 0 atom stereocenters. The van der Waals surface area contributed by atoms with Crippen molar-refractivity contribution >= 4 is 63.2 Å². The molecule has 0 N–H and O–H groups in total. The molecule has 0 nitrogen and oxygen atoms in total. The fourth-order valence-electron chi connectivity index (χ4n) is 1.35. The van der Waals surface area contributed by atoms with Crippen LogP contribution in [0.5, 0.6) is 0 Å². The highest BCUT2D eigenvalue weighted by molar-refractivity contribution is 8.34. The number of hydrogen-bond donors (Lipinski definition) is 0. The molecule has 0 radical (unpaired) electrons. The summed E-state index contributed by atoms with van der Waals surface area (Å²) in [7, 11) is -2.26. The normalized spacial score (nSPS) is 25.4. The summed E-state index contributed by atoms with van der Waals surface area (Å²) in [5.41, 5.74) is 0. The first-order valence-corrected chi connectivity index (χ1v) is 16.4. The summed E-state index contributed by atoms with van der Waals surface area (Å²) in [4.78, 5) is 0. The Hall–Kier alpha value is 1.05. The molecule has 2 heterocycles. The van der Waals surface area contributed by atoms with Crippen molar-refractivity contribution in [3.8, 4) is 0 Å². The van der Waals surface area contributed by atoms with Crippen LogP contribution in [0.4, 0.5) is 0 Å². The zero-order valence-electron chi connectivity index (χ0n) is 11.8. The third-order valence-corrected chi connectivity index (χ3v) is 15.4. The predicted molar refractivity (Wildman–Crippen MR) is 100 cm³/mol. The van der Waals surface area contributed by atoms with Gasteiger partial charge in [-0.15, -0.1) is 0 Å². The van der Waals surface area contributed by atoms with Crippen LogP contribution in [0.1, 0.15) is 0 Å². The highest BCUT2D eigenvalue weighted by Crippen LogP contribution is 2.57. The second-order valence-corrected chi connectivity index (χ2v) is 21.7. The minimum Gasteiger partial charge on any atom is -0.0895 e. The van der Waals surface area contributed by atoms with Crippen LogP contribution >= 0.6 is 47.0 Å². The van der Waals surface area contributed by atoms with Crippen LogP contribution in [-0.2, 0) is 0 Å². The van der Waals surface area contributed by atoms with E-state index in [9.17, 15) is 0 Å². The molecule has 0 saturated heterocycles. The van der Waals surface area contributed by atoms with Gasteiger partial charge in [0.2, 0.25) is 0 Å². The molecule has 0 saturated carbocycles. The average Bonchev–Trinajstić information content (AvgIpc) is 2.84. The number of hydrogen-bond acceptors (Lipinski definition) is 4. The largest absolute Gasteiger partial charge is 0.0895 e. The van der Waals surface area contributed by atoms with Crippen molar-refractivity contribution in [2.75, 3.05) is 0 Å². The first-order valence-electron chi connectivity index (χ1n) is 6.02. The van der Waals surface area contributed by atoms with E-state index in [0.717, 1.165) is 0 Å². The van der Waals surface area contributed by atoms with Crippen molar-refractivity contribution in [3.05, 3.63) is 28.3 Å². The molecule has 100 valence electrons. The molecule has 0 unspecified atom stereocenters. The van der Waals surface area contributed by atoms with Gasteiger partial charge in [0.05, 0.1) is 24.6 Å². The lowest BCUT2D eigenvalue weighted by Crippen LogP contribution is -2.21. The van der Waals surface area contributed by atoms with Gasteiger partial charge in [0.25, 0.3) is 0 Å². The fourth-order valence-corrected chi connectivity index (χ4v) is 12.2. The van der Waals surface area contributed by atoms with E-state index in [1.165, 1.54) is 8.47 Å². The van der Waals surface area contributed by atoms with Gasteiger partial charge in [-0.05, 0) is 19.9 Å². The Kier molecular flexibility index (Phi) is 4.67. The molecule has 18 heavy (non-hydrogen) atoms. The Bertz CT molecular complexity index is 408. The van der Waals surface area contributed by atoms with Gasteiger partial charge >= 0.3 is 0 Å². The van der Waals surface area contributed by atoms with Gasteiger partial charge < -0.3 is 0 Å².